The van der Waals surface area contributed by atoms with Crippen molar-refractivity contribution in [1.82, 2.24) is 5.32 Å². The Balaban J connectivity index is 1.86. The fraction of sp³-hybridized carbons (Fsp3) is 0.350. The van der Waals surface area contributed by atoms with E-state index in [4.69, 9.17) is 9.47 Å². The predicted octanol–water partition coefficient (Wildman–Crippen LogP) is 1.56. The summed E-state index contributed by atoms with van der Waals surface area (Å²) in [7, 11) is 3.54. The van der Waals surface area contributed by atoms with Crippen molar-refractivity contribution in [2.45, 2.75) is 20.0 Å². The standard InChI is InChI=1S/C20H25FN2O3/c1-4-26-18-10-9-15(11-19(18)25-3)13-23(2)14-20(24)22-12-16-7-5-6-8-17(16)21/h5-11H,4,12-14H2,1-3H3,(H,22,24)/p+1. The Bertz CT molecular complexity index is 737. The molecule has 0 aliphatic heterocycles. The molecular formula is C20H26FN2O3+. The van der Waals surface area contributed by atoms with Crippen molar-refractivity contribution in [3.63, 3.8) is 0 Å². The third-order valence-electron chi connectivity index (χ3n) is 3.93. The van der Waals surface area contributed by atoms with Crippen LogP contribution in [0.25, 0.3) is 0 Å². The molecule has 2 aromatic carbocycles. The summed E-state index contributed by atoms with van der Waals surface area (Å²) in [6.45, 7) is 3.64. The summed E-state index contributed by atoms with van der Waals surface area (Å²) in [4.78, 5) is 13.1. The van der Waals surface area contributed by atoms with Gasteiger partial charge in [-0.05, 0) is 31.2 Å². The molecule has 140 valence electrons. The molecule has 2 N–H and O–H groups in total. The van der Waals surface area contributed by atoms with Crippen LogP contribution >= 0.6 is 0 Å². The van der Waals surface area contributed by atoms with Gasteiger partial charge < -0.3 is 19.7 Å². The number of rotatable bonds is 9. The van der Waals surface area contributed by atoms with Crippen LogP contribution in [0.3, 0.4) is 0 Å². The molecule has 2 aromatic rings. The van der Waals surface area contributed by atoms with Crippen LogP contribution in [0.4, 0.5) is 4.39 Å². The van der Waals surface area contributed by atoms with Gasteiger partial charge in [0.05, 0.1) is 20.8 Å². The van der Waals surface area contributed by atoms with E-state index in [0.29, 0.717) is 36.8 Å². The van der Waals surface area contributed by atoms with Gasteiger partial charge in [0, 0.05) is 17.7 Å². The largest absolute Gasteiger partial charge is 0.493 e. The molecule has 0 aromatic heterocycles. The fourth-order valence-electron chi connectivity index (χ4n) is 2.68. The van der Waals surface area contributed by atoms with Crippen molar-refractivity contribution in [2.75, 3.05) is 27.3 Å². The van der Waals surface area contributed by atoms with Gasteiger partial charge in [0.15, 0.2) is 18.0 Å². The van der Waals surface area contributed by atoms with Crippen molar-refractivity contribution in [3.8, 4) is 11.5 Å². The number of hydrogen-bond acceptors (Lipinski definition) is 3. The summed E-state index contributed by atoms with van der Waals surface area (Å²) in [5.41, 5.74) is 1.53. The first-order valence-electron chi connectivity index (χ1n) is 8.64. The van der Waals surface area contributed by atoms with E-state index in [9.17, 15) is 9.18 Å². The number of carbonyl (C=O) groups excluding carboxylic acids is 1. The number of nitrogens with one attached hydrogen (secondary N) is 2. The zero-order valence-corrected chi connectivity index (χ0v) is 15.5. The molecule has 2 rings (SSSR count). The van der Waals surface area contributed by atoms with Crippen LogP contribution in [0.1, 0.15) is 18.1 Å². The summed E-state index contributed by atoms with van der Waals surface area (Å²) in [6, 6.07) is 12.2. The Hall–Kier alpha value is -2.60. The van der Waals surface area contributed by atoms with Gasteiger partial charge >= 0.3 is 0 Å². The number of hydrogen-bond donors (Lipinski definition) is 2. The lowest BCUT2D eigenvalue weighted by atomic mass is 10.2. The molecule has 26 heavy (non-hydrogen) atoms. The molecule has 0 radical (unpaired) electrons. The number of benzene rings is 2. The SMILES string of the molecule is CCOc1ccc(C[NH+](C)CC(=O)NCc2ccccc2F)cc1OC. The Morgan fingerprint density at radius 2 is 1.96 bits per heavy atom. The first kappa shape index (κ1) is 19.7. The van der Waals surface area contributed by atoms with Crippen molar-refractivity contribution in [1.29, 1.82) is 0 Å². The quantitative estimate of drug-likeness (QED) is 0.713. The second-order valence-electron chi connectivity index (χ2n) is 6.10. The normalized spacial score (nSPS) is 11.7. The van der Waals surface area contributed by atoms with Gasteiger partial charge in [0.1, 0.15) is 12.4 Å². The summed E-state index contributed by atoms with van der Waals surface area (Å²) in [6.07, 6.45) is 0. The number of likely N-dealkylation sites (N-methyl/N-ethyl adjacent to an activating group) is 1. The summed E-state index contributed by atoms with van der Waals surface area (Å²) < 4.78 is 24.4. The monoisotopic (exact) mass is 361 g/mol. The van der Waals surface area contributed by atoms with Crippen LogP contribution < -0.4 is 19.7 Å². The number of methoxy groups -OCH3 is 1. The van der Waals surface area contributed by atoms with Gasteiger partial charge in [-0.1, -0.05) is 18.2 Å². The van der Waals surface area contributed by atoms with E-state index in [1.807, 2.05) is 32.2 Å². The molecule has 1 unspecified atom stereocenters. The fourth-order valence-corrected chi connectivity index (χ4v) is 2.68. The minimum absolute atomic E-state index is 0.122. The molecule has 0 bridgehead atoms. The van der Waals surface area contributed by atoms with Crippen LogP contribution in [0.5, 0.6) is 11.5 Å². The molecule has 0 fully saturated rings. The molecule has 1 atom stereocenters. The van der Waals surface area contributed by atoms with Crippen molar-refractivity contribution in [3.05, 3.63) is 59.4 Å². The molecule has 0 spiro atoms. The van der Waals surface area contributed by atoms with Crippen LogP contribution in [-0.2, 0) is 17.9 Å². The first-order valence-corrected chi connectivity index (χ1v) is 8.64. The third kappa shape index (κ3) is 5.74. The van der Waals surface area contributed by atoms with E-state index >= 15 is 0 Å². The molecule has 0 saturated heterocycles. The van der Waals surface area contributed by atoms with E-state index in [2.05, 4.69) is 5.32 Å². The van der Waals surface area contributed by atoms with E-state index in [-0.39, 0.29) is 18.3 Å². The highest BCUT2D eigenvalue weighted by molar-refractivity contribution is 5.76. The maximum Gasteiger partial charge on any atom is 0.275 e. The number of quaternary nitrogens is 1. The van der Waals surface area contributed by atoms with Gasteiger partial charge in [-0.2, -0.15) is 0 Å². The van der Waals surface area contributed by atoms with Crippen LogP contribution in [0, 0.1) is 5.82 Å². The maximum absolute atomic E-state index is 13.6. The molecular weight excluding hydrogens is 335 g/mol. The van der Waals surface area contributed by atoms with Gasteiger partial charge in [-0.25, -0.2) is 4.39 Å². The Labute approximate surface area is 153 Å². The van der Waals surface area contributed by atoms with Gasteiger partial charge in [0.25, 0.3) is 5.91 Å². The van der Waals surface area contributed by atoms with E-state index in [1.165, 1.54) is 6.07 Å². The number of halogens is 1. The highest BCUT2D eigenvalue weighted by Gasteiger charge is 2.13. The van der Waals surface area contributed by atoms with Gasteiger partial charge in [0.2, 0.25) is 0 Å². The Morgan fingerprint density at radius 1 is 1.19 bits per heavy atom. The van der Waals surface area contributed by atoms with Gasteiger partial charge in [-0.15, -0.1) is 0 Å². The zero-order chi connectivity index (χ0) is 18.9. The van der Waals surface area contributed by atoms with Crippen molar-refractivity contribution >= 4 is 5.91 Å². The van der Waals surface area contributed by atoms with Crippen molar-refractivity contribution in [2.24, 2.45) is 0 Å². The van der Waals surface area contributed by atoms with Gasteiger partial charge in [-0.3, -0.25) is 4.79 Å². The van der Waals surface area contributed by atoms with Crippen molar-refractivity contribution < 1.29 is 23.6 Å². The van der Waals surface area contributed by atoms with E-state index in [0.717, 1.165) is 10.5 Å². The second kappa shape index (κ2) is 9.77. The number of carbonyl (C=O) groups is 1. The number of amides is 1. The average molecular weight is 361 g/mol. The first-order chi connectivity index (χ1) is 12.5. The molecule has 1 amide bonds. The minimum atomic E-state index is -0.310. The molecule has 0 aliphatic rings. The highest BCUT2D eigenvalue weighted by atomic mass is 19.1. The number of ether oxygens (including phenoxy) is 2. The lowest BCUT2D eigenvalue weighted by Gasteiger charge is -2.16. The topological polar surface area (TPSA) is 52.0 Å². The molecule has 5 nitrogen and oxygen atoms in total. The van der Waals surface area contributed by atoms with Crippen LogP contribution in [0.15, 0.2) is 42.5 Å². The molecule has 0 aliphatic carbocycles. The van der Waals surface area contributed by atoms with E-state index < -0.39 is 0 Å². The smallest absolute Gasteiger partial charge is 0.275 e. The van der Waals surface area contributed by atoms with E-state index in [1.54, 1.807) is 25.3 Å². The molecule has 0 saturated carbocycles. The molecule has 0 heterocycles. The lowest BCUT2D eigenvalue weighted by Crippen LogP contribution is -3.08. The average Bonchev–Trinajstić information content (AvgIpc) is 2.62. The van der Waals surface area contributed by atoms with Crippen LogP contribution in [0.2, 0.25) is 0 Å². The predicted molar refractivity (Wildman–Crippen MR) is 97.9 cm³/mol. The highest BCUT2D eigenvalue weighted by Crippen LogP contribution is 2.27. The summed E-state index contributed by atoms with van der Waals surface area (Å²) >= 11 is 0. The second-order valence-corrected chi connectivity index (χ2v) is 6.10. The zero-order valence-electron chi connectivity index (χ0n) is 15.5. The van der Waals surface area contributed by atoms with Crippen LogP contribution in [-0.4, -0.2) is 33.2 Å². The molecule has 6 heteroatoms. The lowest BCUT2D eigenvalue weighted by molar-refractivity contribution is -0.885. The summed E-state index contributed by atoms with van der Waals surface area (Å²) in [5, 5.41) is 2.76. The Kier molecular flexibility index (Phi) is 7.41. The Morgan fingerprint density at radius 3 is 2.65 bits per heavy atom. The maximum atomic E-state index is 13.6. The minimum Gasteiger partial charge on any atom is -0.493 e. The third-order valence-corrected chi connectivity index (χ3v) is 3.93. The summed E-state index contributed by atoms with van der Waals surface area (Å²) in [5.74, 6) is 0.957.